The van der Waals surface area contributed by atoms with Crippen LogP contribution in [0.25, 0.3) is 0 Å². The Hall–Kier alpha value is -1.51. The molecule has 92 valence electrons. The molecule has 0 N–H and O–H groups in total. The van der Waals surface area contributed by atoms with Gasteiger partial charge in [0.05, 0.1) is 7.11 Å². The minimum absolute atomic E-state index is 0.466. The van der Waals surface area contributed by atoms with Crippen molar-refractivity contribution in [3.8, 4) is 5.75 Å². The van der Waals surface area contributed by atoms with Gasteiger partial charge < -0.3 is 9.57 Å². The van der Waals surface area contributed by atoms with Gasteiger partial charge in [0, 0.05) is 11.8 Å². The Balaban J connectivity index is 1.80. The lowest BCUT2D eigenvalue weighted by Crippen LogP contribution is -1.96. The first kappa shape index (κ1) is 12.0. The monoisotopic (exact) mass is 233 g/mol. The first-order valence-corrected chi connectivity index (χ1v) is 6.17. The largest absolute Gasteiger partial charge is 0.496 e. The van der Waals surface area contributed by atoms with Crippen LogP contribution in [0.15, 0.2) is 29.4 Å². The van der Waals surface area contributed by atoms with Crippen LogP contribution in [0.2, 0.25) is 0 Å². The Labute approximate surface area is 102 Å². The topological polar surface area (TPSA) is 30.8 Å². The van der Waals surface area contributed by atoms with E-state index in [1.54, 1.807) is 7.11 Å². The lowest BCUT2D eigenvalue weighted by Gasteiger charge is -2.06. The summed E-state index contributed by atoms with van der Waals surface area (Å²) in [4.78, 5) is 5.31. The molecular formula is C14H19NO2. The van der Waals surface area contributed by atoms with Crippen LogP contribution < -0.4 is 4.74 Å². The fraction of sp³-hybridized carbons (Fsp3) is 0.500. The second-order valence-corrected chi connectivity index (χ2v) is 4.38. The molecule has 0 amide bonds. The summed E-state index contributed by atoms with van der Waals surface area (Å²) in [5, 5.41) is 4.04. The van der Waals surface area contributed by atoms with Gasteiger partial charge in [-0.15, -0.1) is 0 Å². The number of hydrogen-bond acceptors (Lipinski definition) is 3. The summed E-state index contributed by atoms with van der Waals surface area (Å²) in [5.74, 6) is 1.47. The van der Waals surface area contributed by atoms with Crippen LogP contribution in [-0.4, -0.2) is 13.3 Å². The van der Waals surface area contributed by atoms with Crippen molar-refractivity contribution in [1.29, 1.82) is 0 Å². The molecule has 0 heterocycles. The lowest BCUT2D eigenvalue weighted by molar-refractivity contribution is 0.128. The first-order valence-electron chi connectivity index (χ1n) is 6.17. The molecule has 1 saturated carbocycles. The van der Waals surface area contributed by atoms with Gasteiger partial charge >= 0.3 is 0 Å². The molecule has 17 heavy (non-hydrogen) atoms. The highest BCUT2D eigenvalue weighted by Crippen LogP contribution is 2.23. The molecule has 1 aliphatic carbocycles. The summed E-state index contributed by atoms with van der Waals surface area (Å²) in [7, 11) is 1.67. The number of nitrogens with zero attached hydrogens (tertiary/aromatic N) is 1. The molecule has 2 rings (SSSR count). The van der Waals surface area contributed by atoms with E-state index < -0.39 is 0 Å². The average Bonchev–Trinajstić information content (AvgIpc) is 2.88. The fourth-order valence-corrected chi connectivity index (χ4v) is 2.16. The number of ether oxygens (including phenoxy) is 1. The Bertz CT molecular complexity index is 370. The third-order valence-electron chi connectivity index (χ3n) is 3.16. The average molecular weight is 233 g/mol. The molecule has 0 saturated heterocycles. The van der Waals surface area contributed by atoms with E-state index in [1.165, 1.54) is 25.7 Å². The molecule has 1 fully saturated rings. The first-order chi connectivity index (χ1) is 8.40. The molecule has 3 heteroatoms. The maximum Gasteiger partial charge on any atom is 0.145 e. The molecule has 1 aliphatic rings. The van der Waals surface area contributed by atoms with Gasteiger partial charge in [0.15, 0.2) is 0 Å². The Morgan fingerprint density at radius 3 is 2.82 bits per heavy atom. The van der Waals surface area contributed by atoms with Gasteiger partial charge in [0.25, 0.3) is 0 Å². The lowest BCUT2D eigenvalue weighted by atomic mass is 10.1. The van der Waals surface area contributed by atoms with Gasteiger partial charge in [-0.2, -0.15) is 0 Å². The zero-order valence-corrected chi connectivity index (χ0v) is 10.3. The normalized spacial score (nSPS) is 16.5. The molecule has 0 radical (unpaired) electrons. The summed E-state index contributed by atoms with van der Waals surface area (Å²) in [5.41, 5.74) is 1.03. The molecular weight excluding hydrogens is 214 g/mol. The van der Waals surface area contributed by atoms with Crippen molar-refractivity contribution < 1.29 is 9.57 Å². The summed E-state index contributed by atoms with van der Waals surface area (Å²) in [6.07, 6.45) is 7.10. The van der Waals surface area contributed by atoms with Crippen molar-refractivity contribution in [1.82, 2.24) is 0 Å². The van der Waals surface area contributed by atoms with Crippen LogP contribution in [0, 0.1) is 5.92 Å². The number of para-hydroxylation sites is 1. The van der Waals surface area contributed by atoms with Crippen LogP contribution >= 0.6 is 0 Å². The molecule has 1 aromatic carbocycles. The highest BCUT2D eigenvalue weighted by atomic mass is 16.6. The highest BCUT2D eigenvalue weighted by molar-refractivity contribution is 5.60. The summed E-state index contributed by atoms with van der Waals surface area (Å²) in [6, 6.07) is 7.84. The van der Waals surface area contributed by atoms with Crippen molar-refractivity contribution in [2.75, 3.05) is 7.11 Å². The maximum atomic E-state index is 5.31. The molecule has 0 aliphatic heterocycles. The highest BCUT2D eigenvalue weighted by Gasteiger charge is 2.12. The van der Waals surface area contributed by atoms with E-state index in [-0.39, 0.29) is 0 Å². The van der Waals surface area contributed by atoms with E-state index in [2.05, 4.69) is 5.16 Å². The molecule has 0 spiro atoms. The number of hydrogen-bond donors (Lipinski definition) is 0. The smallest absolute Gasteiger partial charge is 0.145 e. The van der Waals surface area contributed by atoms with Crippen molar-refractivity contribution in [2.24, 2.45) is 11.1 Å². The van der Waals surface area contributed by atoms with Crippen molar-refractivity contribution in [3.05, 3.63) is 29.8 Å². The van der Waals surface area contributed by atoms with Crippen LogP contribution in [0.3, 0.4) is 0 Å². The summed E-state index contributed by atoms with van der Waals surface area (Å²) in [6.45, 7) is 0.466. The minimum Gasteiger partial charge on any atom is -0.496 e. The van der Waals surface area contributed by atoms with E-state index in [0.29, 0.717) is 12.5 Å². The Kier molecular flexibility index (Phi) is 4.42. The van der Waals surface area contributed by atoms with E-state index in [9.17, 15) is 0 Å². The van der Waals surface area contributed by atoms with Crippen LogP contribution in [0.4, 0.5) is 0 Å². The third kappa shape index (κ3) is 3.48. The van der Waals surface area contributed by atoms with Gasteiger partial charge in [0.2, 0.25) is 0 Å². The second-order valence-electron chi connectivity index (χ2n) is 4.38. The van der Waals surface area contributed by atoms with Crippen LogP contribution in [0.1, 0.15) is 31.2 Å². The zero-order chi connectivity index (χ0) is 11.9. The molecule has 0 unspecified atom stereocenters. The van der Waals surface area contributed by atoms with Crippen molar-refractivity contribution in [3.63, 3.8) is 0 Å². The predicted molar refractivity (Wildman–Crippen MR) is 68.2 cm³/mol. The predicted octanol–water partition coefficient (Wildman–Crippen LogP) is 3.39. The van der Waals surface area contributed by atoms with Gasteiger partial charge in [-0.3, -0.25) is 0 Å². The summed E-state index contributed by atoms with van der Waals surface area (Å²) >= 11 is 0. The standard InChI is InChI=1S/C14H19NO2/c1-16-14-9-5-4-8-13(14)11-17-15-10-12-6-2-3-7-12/h4-5,8-10,12H,2-3,6-7,11H2,1H3. The Morgan fingerprint density at radius 1 is 1.29 bits per heavy atom. The number of oxime groups is 1. The molecule has 0 bridgehead atoms. The van der Waals surface area contributed by atoms with Gasteiger partial charge in [-0.05, 0) is 24.8 Å². The minimum atomic E-state index is 0.466. The fourth-order valence-electron chi connectivity index (χ4n) is 2.16. The molecule has 3 nitrogen and oxygen atoms in total. The number of benzene rings is 1. The number of methoxy groups -OCH3 is 1. The third-order valence-corrected chi connectivity index (χ3v) is 3.16. The molecule has 0 atom stereocenters. The Morgan fingerprint density at radius 2 is 2.06 bits per heavy atom. The summed E-state index contributed by atoms with van der Waals surface area (Å²) < 4.78 is 5.24. The van der Waals surface area contributed by atoms with Crippen molar-refractivity contribution in [2.45, 2.75) is 32.3 Å². The van der Waals surface area contributed by atoms with Gasteiger partial charge in [-0.25, -0.2) is 0 Å². The van der Waals surface area contributed by atoms with E-state index in [0.717, 1.165) is 11.3 Å². The van der Waals surface area contributed by atoms with E-state index in [4.69, 9.17) is 9.57 Å². The van der Waals surface area contributed by atoms with Gasteiger partial charge in [0.1, 0.15) is 12.4 Å². The van der Waals surface area contributed by atoms with E-state index >= 15 is 0 Å². The van der Waals surface area contributed by atoms with Crippen LogP contribution in [0.5, 0.6) is 5.75 Å². The maximum absolute atomic E-state index is 5.31. The van der Waals surface area contributed by atoms with E-state index in [1.807, 2.05) is 30.5 Å². The second kappa shape index (κ2) is 6.28. The number of rotatable bonds is 5. The van der Waals surface area contributed by atoms with Gasteiger partial charge in [-0.1, -0.05) is 36.2 Å². The zero-order valence-electron chi connectivity index (χ0n) is 10.3. The quantitative estimate of drug-likeness (QED) is 0.576. The molecule has 0 aromatic heterocycles. The van der Waals surface area contributed by atoms with Crippen LogP contribution in [-0.2, 0) is 11.4 Å². The SMILES string of the molecule is COc1ccccc1CON=CC1CCCC1. The van der Waals surface area contributed by atoms with Crippen molar-refractivity contribution >= 4 is 6.21 Å². The molecule has 1 aromatic rings.